The van der Waals surface area contributed by atoms with Gasteiger partial charge in [-0.25, -0.2) is 22.7 Å². The molecule has 5 nitrogen and oxygen atoms in total. The van der Waals surface area contributed by atoms with E-state index in [1.165, 1.54) is 12.8 Å². The number of rotatable bonds is 11. The number of nitrogens with zero attached hydrogens (tertiary/aromatic N) is 2. The summed E-state index contributed by atoms with van der Waals surface area (Å²) in [4.78, 5) is 13.1. The molecule has 190 valence electrons. The lowest BCUT2D eigenvalue weighted by Gasteiger charge is -2.39. The largest absolute Gasteiger partial charge is 1.00 e. The number of aliphatic hydroxyl groups is 1. The van der Waals surface area contributed by atoms with E-state index in [1.54, 1.807) is 30.3 Å². The number of hydrogen-bond acceptors (Lipinski definition) is 3. The van der Waals surface area contributed by atoms with Crippen LogP contribution in [-0.4, -0.2) is 28.2 Å². The van der Waals surface area contributed by atoms with Crippen LogP contribution in [0.5, 0.6) is 0 Å². The van der Waals surface area contributed by atoms with Gasteiger partial charge in [-0.3, -0.25) is 0 Å². The molecule has 0 amide bonds. The minimum absolute atomic E-state index is 0. The first-order chi connectivity index (χ1) is 15.8. The third-order valence-electron chi connectivity index (χ3n) is 6.79. The first kappa shape index (κ1) is 28.4. The van der Waals surface area contributed by atoms with E-state index in [1.807, 2.05) is 6.20 Å². The molecule has 2 atom stereocenters. The van der Waals surface area contributed by atoms with Crippen molar-refractivity contribution < 1.29 is 45.0 Å². The quantitative estimate of drug-likeness (QED) is 0.268. The van der Waals surface area contributed by atoms with Gasteiger partial charge in [-0.05, 0) is 31.2 Å². The molecule has 0 unspecified atom stereocenters. The van der Waals surface area contributed by atoms with Crippen LogP contribution in [0.2, 0.25) is 0 Å². The van der Waals surface area contributed by atoms with Crippen LogP contribution in [-0.2, 0) is 28.2 Å². The zero-order valence-electron chi connectivity index (χ0n) is 20.2. The van der Waals surface area contributed by atoms with E-state index in [0.717, 1.165) is 18.8 Å². The topological polar surface area (TPSA) is 55.3 Å². The van der Waals surface area contributed by atoms with Gasteiger partial charge in [0.1, 0.15) is 12.4 Å². The Hall–Kier alpha value is -1.80. The maximum absolute atomic E-state index is 14.1. The van der Waals surface area contributed by atoms with Gasteiger partial charge in [0.2, 0.25) is 5.92 Å². The van der Waals surface area contributed by atoms with Crippen molar-refractivity contribution in [3.8, 4) is 0 Å². The number of carbonyl (C=O) groups excluding carboxylic acids is 1. The summed E-state index contributed by atoms with van der Waals surface area (Å²) in [6.07, 6.45) is 8.07. The van der Waals surface area contributed by atoms with Gasteiger partial charge >= 0.3 is 5.97 Å². The second-order valence-corrected chi connectivity index (χ2v) is 9.21. The highest BCUT2D eigenvalue weighted by molar-refractivity contribution is 5.81. The molecule has 0 radical (unpaired) electrons. The Bertz CT molecular complexity index is 907. The molecular weight excluding hydrogens is 506 g/mol. The summed E-state index contributed by atoms with van der Waals surface area (Å²) in [5.41, 5.74) is -1.76. The zero-order valence-corrected chi connectivity index (χ0v) is 21.8. The monoisotopic (exact) mass is 542 g/mol. The van der Waals surface area contributed by atoms with Crippen molar-refractivity contribution in [2.75, 3.05) is 6.61 Å². The average Bonchev–Trinajstić information content (AvgIpc) is 3.15. The van der Waals surface area contributed by atoms with Crippen LogP contribution in [0.1, 0.15) is 69.7 Å². The lowest BCUT2D eigenvalue weighted by molar-refractivity contribution is -0.702. The van der Waals surface area contributed by atoms with Gasteiger partial charge in [-0.15, -0.1) is 0 Å². The summed E-state index contributed by atoms with van der Waals surface area (Å²) < 4.78 is 38.1. The average molecular weight is 543 g/mol. The highest BCUT2D eigenvalue weighted by atomic mass is 79.9. The molecule has 0 bridgehead atoms. The fourth-order valence-electron chi connectivity index (χ4n) is 4.80. The minimum Gasteiger partial charge on any atom is -1.00 e. The number of aryl methyl sites for hydroxylation is 2. The molecule has 1 fully saturated rings. The van der Waals surface area contributed by atoms with Crippen molar-refractivity contribution in [1.29, 1.82) is 0 Å². The van der Waals surface area contributed by atoms with E-state index in [0.29, 0.717) is 24.9 Å². The molecule has 2 aromatic rings. The normalized spacial score (nSPS) is 19.1. The first-order valence-corrected chi connectivity index (χ1v) is 12.2. The lowest BCUT2D eigenvalue weighted by atomic mass is 9.72. The Balaban J connectivity index is 0.00000408. The highest BCUT2D eigenvalue weighted by Gasteiger charge is 2.52. The van der Waals surface area contributed by atoms with Crippen molar-refractivity contribution in [1.82, 2.24) is 4.57 Å². The number of ether oxygens (including phenoxy) is 1. The number of alkyl halides is 2. The van der Waals surface area contributed by atoms with Gasteiger partial charge in [0.15, 0.2) is 5.60 Å². The molecule has 34 heavy (non-hydrogen) atoms. The third-order valence-corrected chi connectivity index (χ3v) is 6.79. The molecule has 1 aromatic carbocycles. The Morgan fingerprint density at radius 3 is 2.68 bits per heavy atom. The van der Waals surface area contributed by atoms with E-state index in [2.05, 4.69) is 29.2 Å². The Kier molecular flexibility index (Phi) is 10.7. The Morgan fingerprint density at radius 1 is 1.26 bits per heavy atom. The number of aromatic nitrogens is 2. The molecule has 0 spiro atoms. The standard InChI is InChI=1S/C26H37F2N2O3.BrH/c1-3-4-8-15-29-17-18-30(21(29)2)16-10-19-33-24(31)26(32,22-11-6-5-7-12-22)23-13-9-14-25(27,28)20-23;/h5-7,11-12,17-18,23,32H,3-4,8-10,13-16,19-20H2,1-2H3;1H/q+1;/p-1/t23-,26+;/m1./s1. The SMILES string of the molecule is CCCCC[n+]1ccn(CCCOC(=O)[C@](O)(c2ccccc2)[C@@H]2CCCC(F)(F)C2)c1C.[Br-]. The van der Waals surface area contributed by atoms with Crippen LogP contribution in [0, 0.1) is 12.8 Å². The summed E-state index contributed by atoms with van der Waals surface area (Å²) in [5, 5.41) is 11.5. The molecule has 1 heterocycles. The summed E-state index contributed by atoms with van der Waals surface area (Å²) in [6.45, 7) is 6.02. The lowest BCUT2D eigenvalue weighted by Crippen LogP contribution is -3.00. The molecule has 1 N–H and O–H groups in total. The molecule has 0 aliphatic heterocycles. The van der Waals surface area contributed by atoms with E-state index >= 15 is 0 Å². The minimum atomic E-state index is -2.88. The summed E-state index contributed by atoms with van der Waals surface area (Å²) in [7, 11) is 0. The van der Waals surface area contributed by atoms with E-state index in [4.69, 9.17) is 4.74 Å². The van der Waals surface area contributed by atoms with Gasteiger partial charge in [0.05, 0.1) is 19.7 Å². The number of hydrogen-bond donors (Lipinski definition) is 1. The van der Waals surface area contributed by atoms with Crippen molar-refractivity contribution in [3.05, 3.63) is 54.1 Å². The number of esters is 1. The predicted molar refractivity (Wildman–Crippen MR) is 122 cm³/mol. The molecule has 1 aromatic heterocycles. The molecule has 0 saturated heterocycles. The third kappa shape index (κ3) is 6.87. The van der Waals surface area contributed by atoms with Gasteiger partial charge < -0.3 is 26.8 Å². The van der Waals surface area contributed by atoms with Crippen LogP contribution in [0.4, 0.5) is 8.78 Å². The molecule has 1 aliphatic carbocycles. The van der Waals surface area contributed by atoms with Gasteiger partial charge in [0, 0.05) is 32.1 Å². The molecule has 1 aliphatic rings. The number of unbranched alkanes of at least 4 members (excludes halogenated alkanes) is 2. The van der Waals surface area contributed by atoms with Gasteiger partial charge in [-0.1, -0.05) is 43.7 Å². The number of imidazole rings is 1. The first-order valence-electron chi connectivity index (χ1n) is 12.2. The van der Waals surface area contributed by atoms with Crippen LogP contribution in [0.3, 0.4) is 0 Å². The van der Waals surface area contributed by atoms with Crippen molar-refractivity contribution in [2.24, 2.45) is 5.92 Å². The summed E-state index contributed by atoms with van der Waals surface area (Å²) in [5.74, 6) is -3.47. The Morgan fingerprint density at radius 2 is 2.00 bits per heavy atom. The second kappa shape index (κ2) is 12.8. The van der Waals surface area contributed by atoms with Gasteiger partial charge in [0.25, 0.3) is 5.82 Å². The predicted octanol–water partition coefficient (Wildman–Crippen LogP) is 1.92. The second-order valence-electron chi connectivity index (χ2n) is 9.21. The zero-order chi connectivity index (χ0) is 23.9. The summed E-state index contributed by atoms with van der Waals surface area (Å²) in [6, 6.07) is 8.36. The maximum atomic E-state index is 14.1. The van der Waals surface area contributed by atoms with Gasteiger partial charge in [-0.2, -0.15) is 0 Å². The van der Waals surface area contributed by atoms with E-state index in [9.17, 15) is 18.7 Å². The molecule has 1 saturated carbocycles. The number of carbonyl (C=O) groups is 1. The molecule has 8 heteroatoms. The maximum Gasteiger partial charge on any atom is 0.343 e. The van der Waals surface area contributed by atoms with Crippen LogP contribution in [0.25, 0.3) is 0 Å². The highest BCUT2D eigenvalue weighted by Crippen LogP contribution is 2.45. The van der Waals surface area contributed by atoms with Crippen molar-refractivity contribution in [2.45, 2.75) is 89.8 Å². The van der Waals surface area contributed by atoms with E-state index in [-0.39, 0.29) is 36.4 Å². The fraction of sp³-hybridized carbons (Fsp3) is 0.615. The van der Waals surface area contributed by atoms with Crippen LogP contribution < -0.4 is 21.5 Å². The molecule has 3 rings (SSSR count). The van der Waals surface area contributed by atoms with Crippen molar-refractivity contribution in [3.63, 3.8) is 0 Å². The number of benzene rings is 1. The smallest absolute Gasteiger partial charge is 0.343 e. The number of halogens is 3. The fourth-order valence-corrected chi connectivity index (χ4v) is 4.80. The van der Waals surface area contributed by atoms with Crippen LogP contribution in [0.15, 0.2) is 42.7 Å². The van der Waals surface area contributed by atoms with Crippen LogP contribution >= 0.6 is 0 Å². The summed E-state index contributed by atoms with van der Waals surface area (Å²) >= 11 is 0. The Labute approximate surface area is 211 Å². The van der Waals surface area contributed by atoms with E-state index < -0.39 is 29.8 Å². The van der Waals surface area contributed by atoms with Crippen molar-refractivity contribution >= 4 is 5.97 Å². The molecular formula is C26H37BrF2N2O3.